The van der Waals surface area contributed by atoms with Crippen LogP contribution in [0.2, 0.25) is 0 Å². The Balaban J connectivity index is 1.83. The highest BCUT2D eigenvalue weighted by Gasteiger charge is 2.41. The molecule has 1 fully saturated rings. The van der Waals surface area contributed by atoms with E-state index in [9.17, 15) is 9.59 Å². The van der Waals surface area contributed by atoms with Crippen LogP contribution in [0.5, 0.6) is 5.75 Å². The lowest BCUT2D eigenvalue weighted by Gasteiger charge is -2.29. The van der Waals surface area contributed by atoms with Crippen molar-refractivity contribution in [1.29, 1.82) is 0 Å². The van der Waals surface area contributed by atoms with Gasteiger partial charge in [-0.3, -0.25) is 14.5 Å². The van der Waals surface area contributed by atoms with Crippen LogP contribution in [0, 0.1) is 0 Å². The van der Waals surface area contributed by atoms with Crippen LogP contribution in [0.25, 0.3) is 5.57 Å². The Labute approximate surface area is 179 Å². The van der Waals surface area contributed by atoms with Crippen LogP contribution in [0.15, 0.2) is 30.0 Å². The lowest BCUT2D eigenvalue weighted by Crippen LogP contribution is -2.38. The first-order valence-electron chi connectivity index (χ1n) is 11.2. The maximum absolute atomic E-state index is 13.3. The molecule has 0 spiro atoms. The van der Waals surface area contributed by atoms with Crippen LogP contribution in [-0.2, 0) is 14.3 Å². The predicted molar refractivity (Wildman–Crippen MR) is 117 cm³/mol. The average molecular weight is 415 g/mol. The first-order chi connectivity index (χ1) is 14.5. The summed E-state index contributed by atoms with van der Waals surface area (Å²) in [6.45, 7) is 9.23. The zero-order valence-corrected chi connectivity index (χ0v) is 18.5. The topological polar surface area (TPSA) is 59.1 Å². The third-order valence-corrected chi connectivity index (χ3v) is 5.41. The van der Waals surface area contributed by atoms with Gasteiger partial charge in [-0.25, -0.2) is 0 Å². The molecule has 0 aromatic heterocycles. The van der Waals surface area contributed by atoms with Crippen LogP contribution >= 0.6 is 0 Å². The molecule has 2 aliphatic rings. The Bertz CT molecular complexity index is 764. The molecular weight excluding hydrogens is 380 g/mol. The second-order valence-corrected chi connectivity index (χ2v) is 8.18. The van der Waals surface area contributed by atoms with Gasteiger partial charge in [0, 0.05) is 26.2 Å². The maximum Gasteiger partial charge on any atom is 0.277 e. The van der Waals surface area contributed by atoms with Crippen molar-refractivity contribution in [2.75, 3.05) is 32.8 Å². The summed E-state index contributed by atoms with van der Waals surface area (Å²) in [5.74, 6) is 0.403. The first kappa shape index (κ1) is 22.3. The lowest BCUT2D eigenvalue weighted by molar-refractivity contribution is -0.137. The molecule has 0 radical (unpaired) electrons. The minimum Gasteiger partial charge on any atom is -0.494 e. The van der Waals surface area contributed by atoms with Gasteiger partial charge in [0.1, 0.15) is 11.4 Å². The quantitative estimate of drug-likeness (QED) is 0.430. The van der Waals surface area contributed by atoms with Crippen LogP contribution in [-0.4, -0.2) is 60.6 Å². The van der Waals surface area contributed by atoms with Gasteiger partial charge >= 0.3 is 0 Å². The number of carbonyl (C=O) groups excluding carboxylic acids is 2. The summed E-state index contributed by atoms with van der Waals surface area (Å²) < 4.78 is 11.3. The van der Waals surface area contributed by atoms with Gasteiger partial charge in [-0.2, -0.15) is 0 Å². The van der Waals surface area contributed by atoms with Gasteiger partial charge in [0.15, 0.2) is 0 Å². The van der Waals surface area contributed by atoms with Gasteiger partial charge < -0.3 is 14.4 Å². The number of rotatable bonds is 10. The summed E-state index contributed by atoms with van der Waals surface area (Å²) in [6.07, 6.45) is 4.98. The summed E-state index contributed by atoms with van der Waals surface area (Å²) in [5.41, 5.74) is 1.86. The van der Waals surface area contributed by atoms with Crippen molar-refractivity contribution in [2.24, 2.45) is 0 Å². The van der Waals surface area contributed by atoms with Gasteiger partial charge in [0.2, 0.25) is 0 Å². The van der Waals surface area contributed by atoms with E-state index in [4.69, 9.17) is 9.47 Å². The Kier molecular flexibility index (Phi) is 7.91. The fourth-order valence-electron chi connectivity index (χ4n) is 3.92. The molecule has 0 bridgehead atoms. The van der Waals surface area contributed by atoms with Gasteiger partial charge in [-0.15, -0.1) is 0 Å². The van der Waals surface area contributed by atoms with Gasteiger partial charge in [0.25, 0.3) is 11.8 Å². The van der Waals surface area contributed by atoms with E-state index < -0.39 is 0 Å². The number of likely N-dealkylation sites (tertiary alicyclic amines) is 1. The molecule has 0 saturated carbocycles. The largest absolute Gasteiger partial charge is 0.494 e. The zero-order chi connectivity index (χ0) is 21.5. The predicted octanol–water partition coefficient (Wildman–Crippen LogP) is 3.86. The second-order valence-electron chi connectivity index (χ2n) is 8.18. The molecule has 1 saturated heterocycles. The Hall–Kier alpha value is -2.34. The summed E-state index contributed by atoms with van der Waals surface area (Å²) in [4.78, 5) is 30.1. The molecule has 2 aliphatic heterocycles. The number of ether oxygens (including phenoxy) is 2. The Morgan fingerprint density at radius 2 is 1.67 bits per heavy atom. The number of hydrogen-bond donors (Lipinski definition) is 0. The minimum absolute atomic E-state index is 0.140. The Morgan fingerprint density at radius 1 is 0.967 bits per heavy atom. The van der Waals surface area contributed by atoms with E-state index in [1.54, 1.807) is 0 Å². The molecule has 0 aliphatic carbocycles. The molecule has 6 nitrogen and oxygen atoms in total. The molecule has 0 N–H and O–H groups in total. The molecule has 1 aromatic carbocycles. The van der Waals surface area contributed by atoms with Crippen LogP contribution < -0.4 is 4.74 Å². The van der Waals surface area contributed by atoms with Crippen LogP contribution in [0.3, 0.4) is 0 Å². The highest BCUT2D eigenvalue weighted by molar-refractivity contribution is 6.35. The lowest BCUT2D eigenvalue weighted by atomic mass is 10.0. The fourth-order valence-corrected chi connectivity index (χ4v) is 3.92. The number of piperidine rings is 1. The second kappa shape index (κ2) is 10.6. The SMILES string of the molecule is CCCOc1ccc(C2=C(N3CCCCC3)C(=O)N(CCCOC(C)C)C2=O)cc1. The van der Waals surface area contributed by atoms with Crippen LogP contribution in [0.4, 0.5) is 0 Å². The van der Waals surface area contributed by atoms with Gasteiger partial charge in [-0.05, 0) is 63.6 Å². The van der Waals surface area contributed by atoms with Crippen molar-refractivity contribution >= 4 is 17.4 Å². The summed E-state index contributed by atoms with van der Waals surface area (Å²) in [5, 5.41) is 0. The summed E-state index contributed by atoms with van der Waals surface area (Å²) >= 11 is 0. The van der Waals surface area contributed by atoms with Crippen molar-refractivity contribution in [1.82, 2.24) is 9.80 Å². The molecule has 6 heteroatoms. The maximum atomic E-state index is 13.3. The van der Waals surface area contributed by atoms with E-state index >= 15 is 0 Å². The standard InChI is InChI=1S/C24H34N2O4/c1-4-16-30-20-11-9-19(10-12-20)21-22(25-13-6-5-7-14-25)24(28)26(23(21)27)15-8-17-29-18(2)3/h9-12,18H,4-8,13-17H2,1-3H3. The molecule has 3 rings (SSSR count). The van der Waals surface area contributed by atoms with E-state index in [1.165, 1.54) is 11.3 Å². The van der Waals surface area contributed by atoms with E-state index in [1.807, 2.05) is 38.1 Å². The van der Waals surface area contributed by atoms with Gasteiger partial charge in [-0.1, -0.05) is 19.1 Å². The highest BCUT2D eigenvalue weighted by Crippen LogP contribution is 2.33. The number of carbonyl (C=O) groups is 2. The molecule has 30 heavy (non-hydrogen) atoms. The third-order valence-electron chi connectivity index (χ3n) is 5.41. The molecule has 2 amide bonds. The molecule has 164 valence electrons. The molecular formula is C24H34N2O4. The van der Waals surface area contributed by atoms with Gasteiger partial charge in [0.05, 0.1) is 18.3 Å². The molecule has 2 heterocycles. The van der Waals surface area contributed by atoms with Crippen molar-refractivity contribution < 1.29 is 19.1 Å². The Morgan fingerprint density at radius 3 is 2.30 bits per heavy atom. The van der Waals surface area contributed by atoms with E-state index in [0.717, 1.165) is 43.7 Å². The zero-order valence-electron chi connectivity index (χ0n) is 18.5. The molecule has 0 unspecified atom stereocenters. The molecule has 1 aromatic rings. The van der Waals surface area contributed by atoms with Crippen molar-refractivity contribution in [2.45, 2.75) is 59.0 Å². The normalized spacial score (nSPS) is 17.5. The number of benzene rings is 1. The minimum atomic E-state index is -0.202. The molecule has 0 atom stereocenters. The first-order valence-corrected chi connectivity index (χ1v) is 11.2. The summed E-state index contributed by atoms with van der Waals surface area (Å²) in [6, 6.07) is 7.53. The fraction of sp³-hybridized carbons (Fsp3) is 0.583. The number of amides is 2. The number of hydrogen-bond acceptors (Lipinski definition) is 5. The smallest absolute Gasteiger partial charge is 0.277 e. The van der Waals surface area contributed by atoms with Crippen LogP contribution in [0.1, 0.15) is 58.4 Å². The van der Waals surface area contributed by atoms with E-state index in [0.29, 0.717) is 37.4 Å². The monoisotopic (exact) mass is 414 g/mol. The van der Waals surface area contributed by atoms with Crippen molar-refractivity contribution in [3.63, 3.8) is 0 Å². The number of imide groups is 1. The van der Waals surface area contributed by atoms with E-state index in [-0.39, 0.29) is 17.9 Å². The number of nitrogens with zero attached hydrogens (tertiary/aromatic N) is 2. The third kappa shape index (κ3) is 5.22. The van der Waals surface area contributed by atoms with E-state index in [2.05, 4.69) is 11.8 Å². The average Bonchev–Trinajstić information content (AvgIpc) is 3.00. The van der Waals surface area contributed by atoms with Crippen molar-refractivity contribution in [3.8, 4) is 5.75 Å². The highest BCUT2D eigenvalue weighted by atomic mass is 16.5. The van der Waals surface area contributed by atoms with Crippen molar-refractivity contribution in [3.05, 3.63) is 35.5 Å². The summed E-state index contributed by atoms with van der Waals surface area (Å²) in [7, 11) is 0.